The third-order valence-electron chi connectivity index (χ3n) is 2.50. The van der Waals surface area contributed by atoms with E-state index in [2.05, 4.69) is 0 Å². The zero-order valence-corrected chi connectivity index (χ0v) is 8.97. The molecular formula is C13H18O2. The molecule has 0 heterocycles. The van der Waals surface area contributed by atoms with Gasteiger partial charge in [0, 0.05) is 11.1 Å². The highest BCUT2D eigenvalue weighted by Gasteiger charge is 2.13. The van der Waals surface area contributed by atoms with E-state index >= 15 is 0 Å². The molecule has 0 fully saturated rings. The van der Waals surface area contributed by atoms with Gasteiger partial charge in [-0.25, -0.2) is 0 Å². The Labute approximate surface area is 91.3 Å². The van der Waals surface area contributed by atoms with Gasteiger partial charge in [-0.15, -0.1) is 0 Å². The van der Waals surface area contributed by atoms with Gasteiger partial charge in [0.2, 0.25) is 0 Å². The van der Waals surface area contributed by atoms with Crippen molar-refractivity contribution in [1.29, 1.82) is 0 Å². The Morgan fingerprint density at radius 1 is 1.20 bits per heavy atom. The van der Waals surface area contributed by atoms with Crippen LogP contribution in [0.25, 0.3) is 0 Å². The van der Waals surface area contributed by atoms with Gasteiger partial charge in [-0.2, -0.15) is 0 Å². The van der Waals surface area contributed by atoms with E-state index in [0.29, 0.717) is 11.1 Å². The second kappa shape index (κ2) is 4.87. The molecule has 0 unspecified atom stereocenters. The van der Waals surface area contributed by atoms with Crippen molar-refractivity contribution >= 4 is 12.1 Å². The van der Waals surface area contributed by atoms with E-state index in [-0.39, 0.29) is 13.2 Å². The molecule has 0 aliphatic carbocycles. The molecule has 1 rings (SSSR count). The lowest BCUT2D eigenvalue weighted by atomic mass is 9.92. The molecule has 0 saturated heterocycles. The highest BCUT2D eigenvalue weighted by molar-refractivity contribution is 5.99. The zero-order valence-electron chi connectivity index (χ0n) is 8.97. The minimum atomic E-state index is 0. The van der Waals surface area contributed by atoms with Crippen LogP contribution in [0.5, 0.6) is 0 Å². The lowest BCUT2D eigenvalue weighted by Gasteiger charge is -2.11. The van der Waals surface area contributed by atoms with Crippen molar-refractivity contribution in [3.05, 3.63) is 33.9 Å². The number of benzene rings is 1. The van der Waals surface area contributed by atoms with Gasteiger partial charge >= 0.3 is 0 Å². The van der Waals surface area contributed by atoms with Crippen molar-refractivity contribution in [3.8, 4) is 0 Å². The van der Waals surface area contributed by atoms with Crippen LogP contribution < -0.4 is 0 Å². The molecule has 0 aliphatic heterocycles. The minimum absolute atomic E-state index is 0. The number of carbonyl (C=O) groups excluding carboxylic acids is 2. The van der Waals surface area contributed by atoms with Gasteiger partial charge in [-0.05, 0) is 44.4 Å². The van der Waals surface area contributed by atoms with Crippen molar-refractivity contribution in [2.45, 2.75) is 35.1 Å². The molecule has 0 radical (unpaired) electrons. The highest BCUT2D eigenvalue weighted by Crippen LogP contribution is 2.21. The number of Topliss-reactive ketones (excluding diaryl/α,β-unsaturated/α-hetero) is 1. The van der Waals surface area contributed by atoms with E-state index < -0.39 is 0 Å². The normalized spacial score (nSPS) is 9.33. The monoisotopic (exact) mass is 206 g/mol. The molecule has 0 spiro atoms. The first-order chi connectivity index (χ1) is 6.49. The first-order valence-corrected chi connectivity index (χ1v) is 4.56. The first-order valence-electron chi connectivity index (χ1n) is 4.56. The minimum Gasteiger partial charge on any atom is -0.298 e. The largest absolute Gasteiger partial charge is 0.298 e. The third-order valence-corrected chi connectivity index (χ3v) is 2.50. The van der Waals surface area contributed by atoms with Crippen molar-refractivity contribution in [2.75, 3.05) is 0 Å². The molecule has 0 amide bonds. The maximum Gasteiger partial charge on any atom is 0.160 e. The fourth-order valence-corrected chi connectivity index (χ4v) is 1.92. The Balaban J connectivity index is 0.00000196. The number of rotatable bonds is 2. The van der Waals surface area contributed by atoms with Crippen LogP contribution in [-0.2, 0) is 0 Å². The Morgan fingerprint density at radius 3 is 2.13 bits per heavy atom. The molecule has 82 valence electrons. The average molecular weight is 206 g/mol. The van der Waals surface area contributed by atoms with Crippen molar-refractivity contribution in [2.24, 2.45) is 0 Å². The fraction of sp³-hybridized carbons (Fsp3) is 0.385. The van der Waals surface area contributed by atoms with Crippen LogP contribution in [0.15, 0.2) is 6.07 Å². The third kappa shape index (κ3) is 2.32. The van der Waals surface area contributed by atoms with E-state index in [4.69, 9.17) is 0 Å². The number of hydrogen-bond acceptors (Lipinski definition) is 2. The SMILES string of the molecule is C.CC(=O)c1c(C)cc(C)c(C=O)c1C. The molecule has 0 atom stereocenters. The predicted molar refractivity (Wildman–Crippen MR) is 62.8 cm³/mol. The molecule has 2 nitrogen and oxygen atoms in total. The summed E-state index contributed by atoms with van der Waals surface area (Å²) >= 11 is 0. The summed E-state index contributed by atoms with van der Waals surface area (Å²) in [5, 5.41) is 0. The Bertz CT molecular complexity index is 403. The summed E-state index contributed by atoms with van der Waals surface area (Å²) in [7, 11) is 0. The first kappa shape index (κ1) is 13.6. The molecule has 0 aliphatic rings. The second-order valence-corrected chi connectivity index (χ2v) is 3.60. The van der Waals surface area contributed by atoms with Gasteiger partial charge in [-0.1, -0.05) is 13.5 Å². The smallest absolute Gasteiger partial charge is 0.160 e. The topological polar surface area (TPSA) is 34.1 Å². The highest BCUT2D eigenvalue weighted by atomic mass is 16.1. The number of aldehydes is 1. The Kier molecular flexibility index (Phi) is 4.40. The summed E-state index contributed by atoms with van der Waals surface area (Å²) in [6, 6.07) is 1.88. The van der Waals surface area contributed by atoms with Crippen molar-refractivity contribution in [3.63, 3.8) is 0 Å². The predicted octanol–water partition coefficient (Wildman–Crippen LogP) is 3.26. The molecule has 0 N–H and O–H groups in total. The van der Waals surface area contributed by atoms with Crippen LogP contribution in [-0.4, -0.2) is 12.1 Å². The van der Waals surface area contributed by atoms with E-state index in [0.717, 1.165) is 23.0 Å². The average Bonchev–Trinajstić information content (AvgIpc) is 2.02. The Morgan fingerprint density at radius 2 is 1.73 bits per heavy atom. The number of ketones is 1. The lowest BCUT2D eigenvalue weighted by Crippen LogP contribution is -2.05. The van der Waals surface area contributed by atoms with E-state index in [9.17, 15) is 9.59 Å². The number of aryl methyl sites for hydroxylation is 2. The fourth-order valence-electron chi connectivity index (χ4n) is 1.92. The van der Waals surface area contributed by atoms with Gasteiger partial charge < -0.3 is 0 Å². The molecule has 15 heavy (non-hydrogen) atoms. The zero-order chi connectivity index (χ0) is 10.9. The van der Waals surface area contributed by atoms with E-state index in [1.54, 1.807) is 0 Å². The molecule has 1 aromatic carbocycles. The molecule has 0 bridgehead atoms. The molecule has 0 saturated carbocycles. The van der Waals surface area contributed by atoms with E-state index in [1.807, 2.05) is 26.8 Å². The van der Waals surface area contributed by atoms with Gasteiger partial charge in [0.25, 0.3) is 0 Å². The van der Waals surface area contributed by atoms with Crippen LogP contribution in [0.2, 0.25) is 0 Å². The molecular weight excluding hydrogens is 188 g/mol. The molecule has 0 aromatic heterocycles. The number of hydrogen-bond donors (Lipinski definition) is 0. The van der Waals surface area contributed by atoms with Crippen molar-refractivity contribution in [1.82, 2.24) is 0 Å². The summed E-state index contributed by atoms with van der Waals surface area (Å²) in [5.74, 6) is 0.0168. The van der Waals surface area contributed by atoms with Crippen LogP contribution in [0, 0.1) is 20.8 Å². The van der Waals surface area contributed by atoms with Crippen molar-refractivity contribution < 1.29 is 9.59 Å². The Hall–Kier alpha value is -1.44. The van der Waals surface area contributed by atoms with E-state index in [1.165, 1.54) is 6.92 Å². The van der Waals surface area contributed by atoms with Crippen LogP contribution in [0.1, 0.15) is 51.8 Å². The van der Waals surface area contributed by atoms with Gasteiger partial charge in [-0.3, -0.25) is 9.59 Å². The van der Waals surface area contributed by atoms with Gasteiger partial charge in [0.15, 0.2) is 12.1 Å². The maximum absolute atomic E-state index is 11.4. The summed E-state index contributed by atoms with van der Waals surface area (Å²) in [6.07, 6.45) is 0.816. The summed E-state index contributed by atoms with van der Waals surface area (Å²) in [4.78, 5) is 22.2. The van der Waals surface area contributed by atoms with Crippen LogP contribution in [0.4, 0.5) is 0 Å². The quantitative estimate of drug-likeness (QED) is 0.549. The summed E-state index contributed by atoms with van der Waals surface area (Å²) in [5.41, 5.74) is 3.99. The molecule has 2 heteroatoms. The summed E-state index contributed by atoms with van der Waals surface area (Å²) in [6.45, 7) is 7.12. The standard InChI is InChI=1S/C12H14O2.CH4/c1-7-5-8(2)12(10(4)14)9(3)11(7)6-13;/h5-6H,1-4H3;1H4. The second-order valence-electron chi connectivity index (χ2n) is 3.60. The number of carbonyl (C=O) groups is 2. The summed E-state index contributed by atoms with van der Waals surface area (Å²) < 4.78 is 0. The maximum atomic E-state index is 11.4. The van der Waals surface area contributed by atoms with Crippen LogP contribution >= 0.6 is 0 Å². The van der Waals surface area contributed by atoms with Gasteiger partial charge in [0.1, 0.15) is 0 Å². The van der Waals surface area contributed by atoms with Crippen LogP contribution in [0.3, 0.4) is 0 Å². The lowest BCUT2D eigenvalue weighted by molar-refractivity contribution is 0.101. The molecule has 1 aromatic rings. The van der Waals surface area contributed by atoms with Gasteiger partial charge in [0.05, 0.1) is 0 Å².